The quantitative estimate of drug-likeness (QED) is 0.662. The van der Waals surface area contributed by atoms with E-state index in [9.17, 15) is 4.79 Å². The number of hydrogen-bond donors (Lipinski definition) is 2. The van der Waals surface area contributed by atoms with Crippen molar-refractivity contribution in [2.24, 2.45) is 5.92 Å². The van der Waals surface area contributed by atoms with E-state index >= 15 is 0 Å². The molecule has 4 rings (SSSR count). The highest BCUT2D eigenvalue weighted by Gasteiger charge is 2.26. The van der Waals surface area contributed by atoms with E-state index in [2.05, 4.69) is 22.1 Å². The minimum atomic E-state index is 0.0363. The number of nitrogens with one attached hydrogen (secondary N) is 1. The van der Waals surface area contributed by atoms with Gasteiger partial charge in [-0.3, -0.25) is 4.79 Å². The fourth-order valence-electron chi connectivity index (χ4n) is 3.74. The van der Waals surface area contributed by atoms with Crippen LogP contribution in [0.1, 0.15) is 23.4 Å². The van der Waals surface area contributed by atoms with Crippen LogP contribution in [0.4, 0.5) is 0 Å². The Morgan fingerprint density at radius 2 is 1.96 bits per heavy atom. The molecule has 1 atom stereocenters. The van der Waals surface area contributed by atoms with Gasteiger partial charge < -0.3 is 19.7 Å². The molecule has 0 unspecified atom stereocenters. The van der Waals surface area contributed by atoms with Gasteiger partial charge in [-0.2, -0.15) is 0 Å². The molecule has 2 N–H and O–H groups in total. The van der Waals surface area contributed by atoms with Gasteiger partial charge >= 0.3 is 0 Å². The maximum absolute atomic E-state index is 12.4. The van der Waals surface area contributed by atoms with Crippen molar-refractivity contribution in [2.45, 2.75) is 26.1 Å². The summed E-state index contributed by atoms with van der Waals surface area (Å²) < 4.78 is 5.59. The third-order valence-electron chi connectivity index (χ3n) is 5.27. The molecule has 28 heavy (non-hydrogen) atoms. The number of rotatable bonds is 7. The predicted octanol–water partition coefficient (Wildman–Crippen LogP) is 2.66. The van der Waals surface area contributed by atoms with Gasteiger partial charge in [0.15, 0.2) is 0 Å². The van der Waals surface area contributed by atoms with Crippen LogP contribution >= 0.6 is 0 Å². The molecule has 0 aliphatic carbocycles. The molecule has 0 bridgehead atoms. The van der Waals surface area contributed by atoms with Gasteiger partial charge in [0.25, 0.3) is 0 Å². The SMILES string of the molecule is O=C(COCc1nc2ccccc2[nH]1)N1CC[C@H](Cc2ccc(CO)cc2)C1. The van der Waals surface area contributed by atoms with Crippen molar-refractivity contribution < 1.29 is 14.6 Å². The van der Waals surface area contributed by atoms with Crippen LogP contribution in [-0.2, 0) is 29.2 Å². The highest BCUT2D eigenvalue weighted by atomic mass is 16.5. The van der Waals surface area contributed by atoms with Gasteiger partial charge in [0.2, 0.25) is 5.91 Å². The summed E-state index contributed by atoms with van der Waals surface area (Å²) in [5, 5.41) is 9.13. The van der Waals surface area contributed by atoms with Gasteiger partial charge in [-0.1, -0.05) is 36.4 Å². The van der Waals surface area contributed by atoms with E-state index in [1.165, 1.54) is 5.56 Å². The van der Waals surface area contributed by atoms with Crippen LogP contribution in [0.2, 0.25) is 0 Å². The minimum Gasteiger partial charge on any atom is -0.392 e. The van der Waals surface area contributed by atoms with Gasteiger partial charge in [0.05, 0.1) is 17.6 Å². The molecule has 6 nitrogen and oxygen atoms in total. The molecule has 2 heterocycles. The molecule has 3 aromatic rings. The monoisotopic (exact) mass is 379 g/mol. The molecule has 146 valence electrons. The van der Waals surface area contributed by atoms with Crippen LogP contribution in [0.5, 0.6) is 0 Å². The number of imidazole rings is 1. The fraction of sp³-hybridized carbons (Fsp3) is 0.364. The number of aromatic amines is 1. The zero-order chi connectivity index (χ0) is 19.3. The van der Waals surface area contributed by atoms with Crippen LogP contribution in [0, 0.1) is 5.92 Å². The van der Waals surface area contributed by atoms with Crippen LogP contribution in [0.15, 0.2) is 48.5 Å². The van der Waals surface area contributed by atoms with E-state index in [0.717, 1.165) is 48.4 Å². The Kier molecular flexibility index (Phi) is 5.69. The number of para-hydroxylation sites is 2. The van der Waals surface area contributed by atoms with Crippen molar-refractivity contribution in [3.8, 4) is 0 Å². The van der Waals surface area contributed by atoms with Crippen molar-refractivity contribution in [1.82, 2.24) is 14.9 Å². The second-order valence-corrected chi connectivity index (χ2v) is 7.37. The molecule has 1 aliphatic heterocycles. The molecule has 0 saturated carbocycles. The molecular formula is C22H25N3O3. The zero-order valence-electron chi connectivity index (χ0n) is 15.8. The summed E-state index contributed by atoms with van der Waals surface area (Å²) >= 11 is 0. The number of aromatic nitrogens is 2. The Balaban J connectivity index is 1.22. The number of benzene rings is 2. The lowest BCUT2D eigenvalue weighted by molar-refractivity contribution is -0.135. The van der Waals surface area contributed by atoms with Gasteiger partial charge in [0, 0.05) is 13.1 Å². The van der Waals surface area contributed by atoms with Crippen LogP contribution in [0.25, 0.3) is 11.0 Å². The average Bonchev–Trinajstić information content (AvgIpc) is 3.35. The average molecular weight is 379 g/mol. The molecule has 1 saturated heterocycles. The topological polar surface area (TPSA) is 78.5 Å². The number of carbonyl (C=O) groups excluding carboxylic acids is 1. The summed E-state index contributed by atoms with van der Waals surface area (Å²) in [6, 6.07) is 15.9. The third-order valence-corrected chi connectivity index (χ3v) is 5.27. The summed E-state index contributed by atoms with van der Waals surface area (Å²) in [4.78, 5) is 22.0. The Morgan fingerprint density at radius 1 is 1.18 bits per heavy atom. The molecule has 0 spiro atoms. The lowest BCUT2D eigenvalue weighted by Crippen LogP contribution is -2.32. The second kappa shape index (κ2) is 8.54. The minimum absolute atomic E-state index is 0.0363. The van der Waals surface area contributed by atoms with E-state index in [1.54, 1.807) is 0 Å². The molecular weight excluding hydrogens is 354 g/mol. The number of likely N-dealkylation sites (tertiary alicyclic amines) is 1. The van der Waals surface area contributed by atoms with Crippen LogP contribution in [-0.4, -0.2) is 45.6 Å². The van der Waals surface area contributed by atoms with Gasteiger partial charge in [0.1, 0.15) is 19.0 Å². The highest BCUT2D eigenvalue weighted by molar-refractivity contribution is 5.77. The number of amides is 1. The van der Waals surface area contributed by atoms with Crippen LogP contribution < -0.4 is 0 Å². The van der Waals surface area contributed by atoms with Crippen molar-refractivity contribution in [1.29, 1.82) is 0 Å². The fourth-order valence-corrected chi connectivity index (χ4v) is 3.74. The molecule has 6 heteroatoms. The standard InChI is InChI=1S/C22H25N3O3/c26-13-17-7-5-16(6-8-17)11-18-9-10-25(12-18)22(27)15-28-14-21-23-19-3-1-2-4-20(19)24-21/h1-8,18,26H,9-15H2,(H,23,24)/t18-/m1/s1. The molecule has 1 aromatic heterocycles. The summed E-state index contributed by atoms with van der Waals surface area (Å²) in [6.07, 6.45) is 1.96. The Hall–Kier alpha value is -2.70. The summed E-state index contributed by atoms with van der Waals surface area (Å²) in [6.45, 7) is 2.00. The normalized spacial score (nSPS) is 16.8. The largest absolute Gasteiger partial charge is 0.392 e. The first kappa shape index (κ1) is 18.7. The number of aliphatic hydroxyl groups excluding tert-OH is 1. The van der Waals surface area contributed by atoms with Crippen molar-refractivity contribution in [3.05, 3.63) is 65.5 Å². The first-order valence-corrected chi connectivity index (χ1v) is 9.69. The van der Waals surface area contributed by atoms with Gasteiger partial charge in [-0.15, -0.1) is 0 Å². The number of carbonyl (C=O) groups is 1. The molecule has 2 aromatic carbocycles. The second-order valence-electron chi connectivity index (χ2n) is 7.37. The van der Waals surface area contributed by atoms with Gasteiger partial charge in [-0.05, 0) is 42.0 Å². The molecule has 0 radical (unpaired) electrons. The number of ether oxygens (including phenoxy) is 1. The van der Waals surface area contributed by atoms with Gasteiger partial charge in [-0.25, -0.2) is 4.98 Å². The van der Waals surface area contributed by atoms with E-state index in [0.29, 0.717) is 12.5 Å². The number of nitrogens with zero attached hydrogens (tertiary/aromatic N) is 2. The first-order chi connectivity index (χ1) is 13.7. The molecule has 1 aliphatic rings. The number of hydrogen-bond acceptors (Lipinski definition) is 4. The smallest absolute Gasteiger partial charge is 0.248 e. The summed E-state index contributed by atoms with van der Waals surface area (Å²) in [5.41, 5.74) is 4.05. The van der Waals surface area contributed by atoms with E-state index < -0.39 is 0 Å². The Morgan fingerprint density at radius 3 is 2.75 bits per heavy atom. The molecule has 1 fully saturated rings. The maximum atomic E-state index is 12.4. The summed E-state index contributed by atoms with van der Waals surface area (Å²) in [7, 11) is 0. The van der Waals surface area contributed by atoms with Crippen molar-refractivity contribution in [3.63, 3.8) is 0 Å². The highest BCUT2D eigenvalue weighted by Crippen LogP contribution is 2.21. The summed E-state index contributed by atoms with van der Waals surface area (Å²) in [5.74, 6) is 1.24. The Labute approximate surface area is 164 Å². The van der Waals surface area contributed by atoms with E-state index in [1.807, 2.05) is 41.3 Å². The van der Waals surface area contributed by atoms with Crippen molar-refractivity contribution in [2.75, 3.05) is 19.7 Å². The van der Waals surface area contributed by atoms with E-state index in [4.69, 9.17) is 9.84 Å². The molecule has 1 amide bonds. The predicted molar refractivity (Wildman–Crippen MR) is 107 cm³/mol. The lowest BCUT2D eigenvalue weighted by Gasteiger charge is -2.16. The number of H-pyrrole nitrogens is 1. The lowest BCUT2D eigenvalue weighted by atomic mass is 9.98. The van der Waals surface area contributed by atoms with Crippen LogP contribution in [0.3, 0.4) is 0 Å². The van der Waals surface area contributed by atoms with Crippen molar-refractivity contribution >= 4 is 16.9 Å². The number of fused-ring (bicyclic) bond motifs is 1. The third kappa shape index (κ3) is 4.40. The zero-order valence-corrected chi connectivity index (χ0v) is 15.8. The van der Waals surface area contributed by atoms with E-state index in [-0.39, 0.29) is 19.1 Å². The maximum Gasteiger partial charge on any atom is 0.248 e. The Bertz CT molecular complexity index is 903. The first-order valence-electron chi connectivity index (χ1n) is 9.69. The number of aliphatic hydroxyl groups is 1.